The van der Waals surface area contributed by atoms with Gasteiger partial charge in [0, 0.05) is 11.4 Å². The third-order valence-corrected chi connectivity index (χ3v) is 8.79. The number of rotatable bonds is 8. The maximum Gasteiger partial charge on any atom is 0.411 e. The SMILES string of the molecule is C[C@@]1(c2ccc(NC(=O)OCc3ccccc3)cc2)O[C@H]2CO[C@@H]3N2[C@H]1O[C@@]3(C)c1ccc(NC(=O)OCc2ccccc2)cc1. The molecule has 3 heterocycles. The number of benzene rings is 4. The Kier molecular flexibility index (Phi) is 7.95. The number of nitrogens with zero attached hydrogens (tertiary/aromatic N) is 1. The summed E-state index contributed by atoms with van der Waals surface area (Å²) >= 11 is 0. The largest absolute Gasteiger partial charge is 0.444 e. The van der Waals surface area contributed by atoms with Crippen molar-refractivity contribution >= 4 is 23.6 Å². The second-order valence-corrected chi connectivity index (χ2v) is 11.9. The molecule has 0 spiro atoms. The highest BCUT2D eigenvalue weighted by Gasteiger charge is 2.68. The van der Waals surface area contributed by atoms with Gasteiger partial charge in [0.1, 0.15) is 43.1 Å². The number of hydrogen-bond donors (Lipinski definition) is 2. The monoisotopic (exact) mass is 621 g/mol. The summed E-state index contributed by atoms with van der Waals surface area (Å²) in [6.07, 6.45) is -2.11. The predicted octanol–water partition coefficient (Wildman–Crippen LogP) is 6.69. The fraction of sp³-hybridized carbons (Fsp3) is 0.278. The van der Waals surface area contributed by atoms with Crippen molar-refractivity contribution < 1.29 is 33.3 Å². The highest BCUT2D eigenvalue weighted by molar-refractivity contribution is 5.85. The van der Waals surface area contributed by atoms with E-state index in [1.54, 1.807) is 0 Å². The van der Waals surface area contributed by atoms with Gasteiger partial charge in [0.2, 0.25) is 0 Å². The van der Waals surface area contributed by atoms with Crippen LogP contribution in [0.2, 0.25) is 0 Å². The van der Waals surface area contributed by atoms with Gasteiger partial charge in [0.25, 0.3) is 0 Å². The van der Waals surface area contributed by atoms with Crippen LogP contribution in [-0.2, 0) is 48.1 Å². The summed E-state index contributed by atoms with van der Waals surface area (Å²) < 4.78 is 30.3. The summed E-state index contributed by atoms with van der Waals surface area (Å²) in [7, 11) is 0. The lowest BCUT2D eigenvalue weighted by Gasteiger charge is -2.33. The van der Waals surface area contributed by atoms with E-state index in [0.29, 0.717) is 18.0 Å². The molecule has 4 aromatic rings. The number of anilines is 2. The average molecular weight is 622 g/mol. The van der Waals surface area contributed by atoms with Crippen molar-refractivity contribution in [3.8, 4) is 0 Å². The summed E-state index contributed by atoms with van der Waals surface area (Å²) in [6.45, 7) is 4.83. The van der Waals surface area contributed by atoms with Crippen LogP contribution >= 0.6 is 0 Å². The van der Waals surface area contributed by atoms with E-state index in [9.17, 15) is 9.59 Å². The molecule has 10 nitrogen and oxygen atoms in total. The van der Waals surface area contributed by atoms with E-state index in [1.165, 1.54) is 0 Å². The van der Waals surface area contributed by atoms with Crippen LogP contribution in [0.15, 0.2) is 109 Å². The molecule has 3 fully saturated rings. The summed E-state index contributed by atoms with van der Waals surface area (Å²) in [5.41, 5.74) is 3.29. The van der Waals surface area contributed by atoms with E-state index in [-0.39, 0.29) is 25.7 Å². The molecule has 5 atom stereocenters. The van der Waals surface area contributed by atoms with Crippen LogP contribution < -0.4 is 10.6 Å². The zero-order valence-electron chi connectivity index (χ0n) is 25.6. The van der Waals surface area contributed by atoms with Gasteiger partial charge in [-0.15, -0.1) is 0 Å². The molecular formula is C36H35N3O7. The molecule has 0 aliphatic carbocycles. The zero-order valence-corrected chi connectivity index (χ0v) is 25.6. The molecule has 3 aliphatic heterocycles. The maximum absolute atomic E-state index is 12.4. The first-order valence-corrected chi connectivity index (χ1v) is 15.2. The van der Waals surface area contributed by atoms with Crippen molar-refractivity contribution in [2.75, 3.05) is 17.2 Å². The molecule has 7 rings (SSSR count). The van der Waals surface area contributed by atoms with E-state index in [0.717, 1.165) is 22.3 Å². The zero-order chi connectivity index (χ0) is 31.7. The van der Waals surface area contributed by atoms with E-state index < -0.39 is 29.6 Å². The molecule has 0 saturated carbocycles. The maximum atomic E-state index is 12.4. The third kappa shape index (κ3) is 5.72. The molecule has 236 valence electrons. The van der Waals surface area contributed by atoms with Gasteiger partial charge in [-0.2, -0.15) is 0 Å². The normalized spacial score (nSPS) is 26.3. The van der Waals surface area contributed by atoms with Crippen LogP contribution in [0.5, 0.6) is 0 Å². The van der Waals surface area contributed by atoms with E-state index in [1.807, 2.05) is 123 Å². The van der Waals surface area contributed by atoms with Crippen molar-refractivity contribution in [1.29, 1.82) is 0 Å². The predicted molar refractivity (Wildman–Crippen MR) is 169 cm³/mol. The molecule has 2 amide bonds. The fourth-order valence-corrected chi connectivity index (χ4v) is 6.34. The lowest BCUT2D eigenvalue weighted by molar-refractivity contribution is -0.138. The van der Waals surface area contributed by atoms with Gasteiger partial charge in [-0.25, -0.2) is 14.5 Å². The Balaban J connectivity index is 1.00. The smallest absolute Gasteiger partial charge is 0.411 e. The van der Waals surface area contributed by atoms with E-state index >= 15 is 0 Å². The summed E-state index contributed by atoms with van der Waals surface area (Å²) in [4.78, 5) is 26.9. The number of amides is 2. The summed E-state index contributed by atoms with van der Waals surface area (Å²) in [5, 5.41) is 5.57. The Morgan fingerprint density at radius 2 is 1.13 bits per heavy atom. The van der Waals surface area contributed by atoms with Crippen LogP contribution in [0.1, 0.15) is 36.1 Å². The van der Waals surface area contributed by atoms with Crippen molar-refractivity contribution in [3.05, 3.63) is 131 Å². The van der Waals surface area contributed by atoms with Gasteiger partial charge < -0.3 is 23.7 Å². The number of carbonyl (C=O) groups excluding carboxylic acids is 2. The molecule has 4 aromatic carbocycles. The van der Waals surface area contributed by atoms with Crippen LogP contribution in [0.4, 0.5) is 21.0 Å². The molecule has 3 saturated heterocycles. The van der Waals surface area contributed by atoms with Crippen LogP contribution in [0, 0.1) is 0 Å². The van der Waals surface area contributed by atoms with Gasteiger partial charge in [0.05, 0.1) is 6.61 Å². The topological polar surface area (TPSA) is 108 Å². The average Bonchev–Trinajstić information content (AvgIpc) is 3.73. The van der Waals surface area contributed by atoms with Gasteiger partial charge in [-0.1, -0.05) is 84.9 Å². The van der Waals surface area contributed by atoms with E-state index in [2.05, 4.69) is 15.5 Å². The fourth-order valence-electron chi connectivity index (χ4n) is 6.34. The highest BCUT2D eigenvalue weighted by atomic mass is 16.7. The summed E-state index contributed by atoms with van der Waals surface area (Å²) in [6, 6.07) is 34.1. The third-order valence-electron chi connectivity index (χ3n) is 8.79. The molecule has 0 radical (unpaired) electrons. The minimum absolute atomic E-state index is 0.190. The van der Waals surface area contributed by atoms with Crippen molar-refractivity contribution in [1.82, 2.24) is 4.90 Å². The van der Waals surface area contributed by atoms with Crippen molar-refractivity contribution in [3.63, 3.8) is 0 Å². The Morgan fingerprint density at radius 3 is 1.61 bits per heavy atom. The van der Waals surface area contributed by atoms with E-state index in [4.69, 9.17) is 23.7 Å². The lowest BCUT2D eigenvalue weighted by atomic mass is 9.93. The minimum Gasteiger partial charge on any atom is -0.444 e. The number of ether oxygens (including phenoxy) is 5. The summed E-state index contributed by atoms with van der Waals surface area (Å²) in [5.74, 6) is 0. The molecule has 46 heavy (non-hydrogen) atoms. The number of nitrogens with one attached hydrogen (secondary N) is 2. The second kappa shape index (κ2) is 12.2. The molecule has 0 aromatic heterocycles. The number of carbonyl (C=O) groups is 2. The van der Waals surface area contributed by atoms with Crippen molar-refractivity contribution in [2.24, 2.45) is 0 Å². The van der Waals surface area contributed by atoms with Gasteiger partial charge in [-0.3, -0.25) is 10.6 Å². The first-order chi connectivity index (χ1) is 22.3. The molecule has 0 bridgehead atoms. The van der Waals surface area contributed by atoms with Crippen LogP contribution in [0.3, 0.4) is 0 Å². The quantitative estimate of drug-likeness (QED) is 0.224. The van der Waals surface area contributed by atoms with Gasteiger partial charge in [-0.05, 0) is 60.4 Å². The minimum atomic E-state index is -0.791. The lowest BCUT2D eigenvalue weighted by Crippen LogP contribution is -2.40. The van der Waals surface area contributed by atoms with Crippen LogP contribution in [-0.4, -0.2) is 42.4 Å². The highest BCUT2D eigenvalue weighted by Crippen LogP contribution is 2.55. The standard InChI is InChI=1S/C36H35N3O7/c1-35(26-13-17-28(18-14-26)37-33(40)43-21-24-9-5-3-6-10-24)31-39-30(23-42-31)45-36(2,32(39)46-35)27-15-19-29(20-16-27)38-34(41)44-22-25-11-7-4-8-12-25/h3-20,30-32H,21-23H2,1-2H3,(H,37,40)(H,38,41)/t30-,31-,32-,35-,36-/m0/s1. The van der Waals surface area contributed by atoms with Gasteiger partial charge in [0.15, 0.2) is 0 Å². The Morgan fingerprint density at radius 1 is 0.674 bits per heavy atom. The molecule has 3 aliphatic rings. The molecule has 0 unspecified atom stereocenters. The first-order valence-electron chi connectivity index (χ1n) is 15.2. The number of hydrogen-bond acceptors (Lipinski definition) is 8. The Bertz CT molecular complexity index is 1590. The van der Waals surface area contributed by atoms with Crippen molar-refractivity contribution in [2.45, 2.75) is 56.9 Å². The Labute approximate surface area is 267 Å². The van der Waals surface area contributed by atoms with Crippen LogP contribution in [0.25, 0.3) is 0 Å². The second-order valence-electron chi connectivity index (χ2n) is 11.9. The van der Waals surface area contributed by atoms with Gasteiger partial charge >= 0.3 is 12.2 Å². The first kappa shape index (κ1) is 29.9. The Hall–Kier alpha value is -4.74. The molecular weight excluding hydrogens is 586 g/mol. The molecule has 2 N–H and O–H groups in total. The molecule has 10 heteroatoms.